The van der Waals surface area contributed by atoms with E-state index in [4.69, 9.17) is 9.47 Å². The van der Waals surface area contributed by atoms with Crippen molar-refractivity contribution in [2.75, 3.05) is 32.1 Å². The summed E-state index contributed by atoms with van der Waals surface area (Å²) in [7, 11) is -2.19. The number of carbonyl (C=O) groups excluding carboxylic acids is 1. The number of benzene rings is 3. The van der Waals surface area contributed by atoms with Gasteiger partial charge in [0.2, 0.25) is 10.0 Å². The fourth-order valence-electron chi connectivity index (χ4n) is 4.52. The zero-order chi connectivity index (χ0) is 28.1. The summed E-state index contributed by atoms with van der Waals surface area (Å²) in [5.74, 6) is 0.907. The van der Waals surface area contributed by atoms with E-state index in [0.717, 1.165) is 29.3 Å². The van der Waals surface area contributed by atoms with Crippen LogP contribution in [0.25, 0.3) is 22.0 Å². The highest BCUT2D eigenvalue weighted by molar-refractivity contribution is 7.89. The third-order valence-corrected chi connectivity index (χ3v) is 8.29. The zero-order valence-corrected chi connectivity index (χ0v) is 23.1. The third kappa shape index (κ3) is 6.22. The van der Waals surface area contributed by atoms with Gasteiger partial charge in [-0.3, -0.25) is 4.79 Å². The standard InChI is InChI=1S/C29H31N5O5S/c1-19-9-10-20(16-26(19)40(36,37)31-17-23-6-5-15-38-23)28-24-7-3-4-8-25(24)29(34-33-28)32-21-11-13-22(14-12-21)39-18-27(35)30-2/h3-4,7-14,16,23,31H,5-6,15,17-18H2,1-2H3,(H,30,35)(H,32,34)/t23-/m1/s1. The van der Waals surface area contributed by atoms with Crippen LogP contribution in [0.5, 0.6) is 5.75 Å². The number of hydrogen-bond acceptors (Lipinski definition) is 8. The molecule has 0 spiro atoms. The number of nitrogens with one attached hydrogen (secondary N) is 3. The first kappa shape index (κ1) is 27.5. The Hall–Kier alpha value is -4.06. The van der Waals surface area contributed by atoms with E-state index in [-0.39, 0.29) is 30.1 Å². The maximum Gasteiger partial charge on any atom is 0.257 e. The van der Waals surface area contributed by atoms with E-state index in [1.807, 2.05) is 42.5 Å². The molecule has 0 unspecified atom stereocenters. The molecule has 1 saturated heterocycles. The number of hydrogen-bond donors (Lipinski definition) is 3. The van der Waals surface area contributed by atoms with Crippen LogP contribution < -0.4 is 20.1 Å². The lowest BCUT2D eigenvalue weighted by Gasteiger charge is -2.15. The molecule has 1 aromatic heterocycles. The van der Waals surface area contributed by atoms with Crippen molar-refractivity contribution in [3.05, 3.63) is 72.3 Å². The number of fused-ring (bicyclic) bond motifs is 1. The molecule has 10 nitrogen and oxygen atoms in total. The number of sulfonamides is 1. The number of aryl methyl sites for hydroxylation is 1. The average molecular weight is 562 g/mol. The summed E-state index contributed by atoms with van der Waals surface area (Å²) >= 11 is 0. The van der Waals surface area contributed by atoms with Crippen molar-refractivity contribution in [2.45, 2.75) is 30.8 Å². The first-order valence-corrected chi connectivity index (χ1v) is 14.5. The summed E-state index contributed by atoms with van der Waals surface area (Å²) in [4.78, 5) is 11.6. The van der Waals surface area contributed by atoms with Crippen molar-refractivity contribution in [3.63, 3.8) is 0 Å². The van der Waals surface area contributed by atoms with Gasteiger partial charge >= 0.3 is 0 Å². The molecule has 0 aliphatic carbocycles. The lowest BCUT2D eigenvalue weighted by molar-refractivity contribution is -0.122. The fraction of sp³-hybridized carbons (Fsp3) is 0.276. The van der Waals surface area contributed by atoms with Gasteiger partial charge in [0.05, 0.1) is 11.0 Å². The Bertz CT molecular complexity index is 1620. The minimum Gasteiger partial charge on any atom is -0.484 e. The van der Waals surface area contributed by atoms with Gasteiger partial charge in [-0.1, -0.05) is 36.4 Å². The predicted molar refractivity (Wildman–Crippen MR) is 153 cm³/mol. The Morgan fingerprint density at radius 2 is 1.82 bits per heavy atom. The van der Waals surface area contributed by atoms with Gasteiger partial charge in [0.25, 0.3) is 5.91 Å². The van der Waals surface area contributed by atoms with Gasteiger partial charge in [-0.15, -0.1) is 10.2 Å². The van der Waals surface area contributed by atoms with Crippen LogP contribution in [0.2, 0.25) is 0 Å². The first-order valence-electron chi connectivity index (χ1n) is 13.0. The van der Waals surface area contributed by atoms with Crippen molar-refractivity contribution in [1.82, 2.24) is 20.2 Å². The van der Waals surface area contributed by atoms with E-state index in [2.05, 4.69) is 25.6 Å². The van der Waals surface area contributed by atoms with Gasteiger partial charge < -0.3 is 20.1 Å². The Kier molecular flexibility index (Phi) is 8.24. The number of nitrogens with zero attached hydrogens (tertiary/aromatic N) is 2. The summed E-state index contributed by atoms with van der Waals surface area (Å²) in [5.41, 5.74) is 2.63. The van der Waals surface area contributed by atoms with E-state index in [1.54, 1.807) is 38.2 Å². The largest absolute Gasteiger partial charge is 0.484 e. The molecule has 1 fully saturated rings. The Morgan fingerprint density at radius 1 is 1.05 bits per heavy atom. The molecule has 1 aliphatic rings. The second-order valence-corrected chi connectivity index (χ2v) is 11.3. The Labute approximate surface area is 233 Å². The molecule has 40 heavy (non-hydrogen) atoms. The topological polar surface area (TPSA) is 132 Å². The summed E-state index contributed by atoms with van der Waals surface area (Å²) in [6, 6.07) is 20.1. The molecule has 1 aliphatic heterocycles. The van der Waals surface area contributed by atoms with Crippen molar-refractivity contribution in [2.24, 2.45) is 0 Å². The monoisotopic (exact) mass is 561 g/mol. The number of ether oxygens (including phenoxy) is 2. The average Bonchev–Trinajstić information content (AvgIpc) is 3.50. The smallest absolute Gasteiger partial charge is 0.257 e. The third-order valence-electron chi connectivity index (χ3n) is 6.73. The van der Waals surface area contributed by atoms with Gasteiger partial charge in [0.15, 0.2) is 12.4 Å². The van der Waals surface area contributed by atoms with Crippen LogP contribution in [-0.2, 0) is 19.6 Å². The molecule has 0 saturated carbocycles. The van der Waals surface area contributed by atoms with Crippen molar-refractivity contribution >= 4 is 38.2 Å². The highest BCUT2D eigenvalue weighted by atomic mass is 32.2. The Morgan fingerprint density at radius 3 is 2.55 bits per heavy atom. The first-order chi connectivity index (χ1) is 19.3. The van der Waals surface area contributed by atoms with Crippen LogP contribution in [0.1, 0.15) is 18.4 Å². The lowest BCUT2D eigenvalue weighted by Crippen LogP contribution is -2.32. The molecule has 4 aromatic rings. The molecule has 5 rings (SSSR count). The maximum absolute atomic E-state index is 13.2. The second kappa shape index (κ2) is 12.0. The number of aromatic nitrogens is 2. The molecule has 0 radical (unpaired) electrons. The molecule has 0 bridgehead atoms. The predicted octanol–water partition coefficient (Wildman–Crippen LogP) is 3.93. The van der Waals surface area contributed by atoms with Gasteiger partial charge in [0.1, 0.15) is 11.4 Å². The molecule has 2 heterocycles. The van der Waals surface area contributed by atoms with Crippen molar-refractivity contribution in [1.29, 1.82) is 0 Å². The lowest BCUT2D eigenvalue weighted by atomic mass is 10.0. The van der Waals surface area contributed by atoms with Crippen molar-refractivity contribution in [3.8, 4) is 17.0 Å². The summed E-state index contributed by atoms with van der Waals surface area (Å²) in [5, 5.41) is 16.4. The van der Waals surface area contributed by atoms with Crippen LogP contribution in [0.3, 0.4) is 0 Å². The van der Waals surface area contributed by atoms with Crippen LogP contribution in [0, 0.1) is 6.92 Å². The quantitative estimate of drug-likeness (QED) is 0.265. The molecule has 11 heteroatoms. The van der Waals surface area contributed by atoms with E-state index in [9.17, 15) is 13.2 Å². The number of anilines is 2. The molecule has 208 valence electrons. The molecular weight excluding hydrogens is 530 g/mol. The van der Waals surface area contributed by atoms with Gasteiger partial charge in [0, 0.05) is 42.2 Å². The molecular formula is C29H31N5O5S. The summed E-state index contributed by atoms with van der Waals surface area (Å²) < 4.78 is 40.1. The highest BCUT2D eigenvalue weighted by Gasteiger charge is 2.23. The molecule has 3 aromatic carbocycles. The van der Waals surface area contributed by atoms with Crippen LogP contribution >= 0.6 is 0 Å². The maximum atomic E-state index is 13.2. The zero-order valence-electron chi connectivity index (χ0n) is 22.3. The van der Waals surface area contributed by atoms with Gasteiger partial charge in [-0.25, -0.2) is 13.1 Å². The molecule has 1 amide bonds. The minimum atomic E-state index is -3.75. The SMILES string of the molecule is CNC(=O)COc1ccc(Nc2nnc(-c3ccc(C)c(S(=O)(=O)NC[C@H]4CCCO4)c3)c3ccccc23)cc1. The van der Waals surface area contributed by atoms with Gasteiger partial charge in [-0.2, -0.15) is 0 Å². The van der Waals surface area contributed by atoms with E-state index in [0.29, 0.717) is 35.0 Å². The van der Waals surface area contributed by atoms with E-state index >= 15 is 0 Å². The van der Waals surface area contributed by atoms with E-state index < -0.39 is 10.0 Å². The molecule has 3 N–H and O–H groups in total. The number of likely N-dealkylation sites (N-methyl/N-ethyl adjacent to an activating group) is 1. The van der Waals surface area contributed by atoms with E-state index in [1.165, 1.54) is 0 Å². The molecule has 1 atom stereocenters. The Balaban J connectivity index is 1.40. The normalized spacial score (nSPS) is 15.2. The number of carbonyl (C=O) groups is 1. The summed E-state index contributed by atoms with van der Waals surface area (Å²) in [6.07, 6.45) is 1.69. The second-order valence-electron chi connectivity index (χ2n) is 9.52. The fourth-order valence-corrected chi connectivity index (χ4v) is 5.86. The van der Waals surface area contributed by atoms with Crippen LogP contribution in [-0.4, -0.2) is 57.4 Å². The van der Waals surface area contributed by atoms with Gasteiger partial charge in [-0.05, 0) is 55.7 Å². The number of rotatable bonds is 10. The van der Waals surface area contributed by atoms with Crippen LogP contribution in [0.4, 0.5) is 11.5 Å². The highest BCUT2D eigenvalue weighted by Crippen LogP contribution is 2.33. The van der Waals surface area contributed by atoms with Crippen molar-refractivity contribution < 1.29 is 22.7 Å². The summed E-state index contributed by atoms with van der Waals surface area (Å²) in [6.45, 7) is 2.62. The number of amides is 1. The van der Waals surface area contributed by atoms with Crippen LogP contribution in [0.15, 0.2) is 71.6 Å². The minimum absolute atomic E-state index is 0.0616.